The van der Waals surface area contributed by atoms with Crippen LogP contribution in [-0.4, -0.2) is 31.2 Å². The Hall–Kier alpha value is -2.53. The summed E-state index contributed by atoms with van der Waals surface area (Å²) in [5.74, 6) is 1.58. The molecule has 1 aromatic carbocycles. The predicted octanol–water partition coefficient (Wildman–Crippen LogP) is 2.43. The molecule has 0 atom stereocenters. The van der Waals surface area contributed by atoms with Crippen molar-refractivity contribution in [2.75, 3.05) is 6.61 Å². The van der Waals surface area contributed by atoms with Gasteiger partial charge in [0.15, 0.2) is 5.82 Å². The van der Waals surface area contributed by atoms with Crippen molar-refractivity contribution in [1.29, 1.82) is 0 Å². The number of benzene rings is 1. The van der Waals surface area contributed by atoms with Gasteiger partial charge in [-0.25, -0.2) is 15.0 Å². The average molecular weight is 294 g/mol. The van der Waals surface area contributed by atoms with Gasteiger partial charge in [0.2, 0.25) is 0 Å². The molecule has 0 bridgehead atoms. The Balaban J connectivity index is 2.09. The van der Waals surface area contributed by atoms with Gasteiger partial charge in [-0.05, 0) is 24.1 Å². The van der Waals surface area contributed by atoms with E-state index in [9.17, 15) is 5.11 Å². The maximum absolute atomic E-state index is 9.25. The second-order valence-electron chi connectivity index (χ2n) is 4.93. The van der Waals surface area contributed by atoms with E-state index in [0.717, 1.165) is 35.0 Å². The summed E-state index contributed by atoms with van der Waals surface area (Å²) in [7, 11) is 0. The van der Waals surface area contributed by atoms with Gasteiger partial charge in [-0.1, -0.05) is 25.1 Å². The summed E-state index contributed by atoms with van der Waals surface area (Å²) in [5.41, 5.74) is 2.89. The van der Waals surface area contributed by atoms with Gasteiger partial charge in [-0.2, -0.15) is 0 Å². The highest BCUT2D eigenvalue weighted by Gasteiger charge is 2.12. The number of aryl methyl sites for hydroxylation is 1. The molecule has 0 saturated carbocycles. The molecule has 0 saturated heterocycles. The Morgan fingerprint density at radius 1 is 1.09 bits per heavy atom. The molecule has 0 radical (unpaired) electrons. The molecule has 5 nitrogen and oxygen atoms in total. The van der Waals surface area contributed by atoms with E-state index in [-0.39, 0.29) is 6.61 Å². The minimum Gasteiger partial charge on any atom is -0.396 e. The van der Waals surface area contributed by atoms with Crippen molar-refractivity contribution in [1.82, 2.24) is 19.5 Å². The summed E-state index contributed by atoms with van der Waals surface area (Å²) in [6.07, 6.45) is 6.84. The number of aliphatic hydroxyl groups excluding tert-OH is 1. The molecular formula is C17H18N4O. The first-order valence-electron chi connectivity index (χ1n) is 7.38. The Morgan fingerprint density at radius 2 is 1.95 bits per heavy atom. The number of rotatable bonds is 5. The lowest BCUT2D eigenvalue weighted by atomic mass is 10.1. The first-order chi connectivity index (χ1) is 10.8. The molecule has 0 fully saturated rings. The third-order valence-corrected chi connectivity index (χ3v) is 3.52. The Labute approximate surface area is 129 Å². The molecule has 2 aromatic heterocycles. The maximum Gasteiger partial charge on any atom is 0.163 e. The van der Waals surface area contributed by atoms with E-state index in [1.54, 1.807) is 12.4 Å². The van der Waals surface area contributed by atoms with Crippen LogP contribution in [0.3, 0.4) is 0 Å². The summed E-state index contributed by atoms with van der Waals surface area (Å²) in [6, 6.07) is 9.87. The SMILES string of the molecule is CCc1nccc(-c2nccn2-c2ccccc2CCO)n1. The molecular weight excluding hydrogens is 276 g/mol. The van der Waals surface area contributed by atoms with Gasteiger partial charge >= 0.3 is 0 Å². The smallest absolute Gasteiger partial charge is 0.163 e. The molecule has 3 aromatic rings. The maximum atomic E-state index is 9.25. The van der Waals surface area contributed by atoms with Crippen LogP contribution < -0.4 is 0 Å². The van der Waals surface area contributed by atoms with E-state index in [4.69, 9.17) is 0 Å². The first kappa shape index (κ1) is 14.4. The molecule has 1 N–H and O–H groups in total. The molecule has 112 valence electrons. The van der Waals surface area contributed by atoms with Crippen LogP contribution in [-0.2, 0) is 12.8 Å². The summed E-state index contributed by atoms with van der Waals surface area (Å²) in [6.45, 7) is 2.15. The summed E-state index contributed by atoms with van der Waals surface area (Å²) in [4.78, 5) is 13.2. The highest BCUT2D eigenvalue weighted by molar-refractivity contribution is 5.55. The zero-order valence-corrected chi connectivity index (χ0v) is 12.5. The molecule has 0 aliphatic carbocycles. The second kappa shape index (κ2) is 6.49. The van der Waals surface area contributed by atoms with E-state index >= 15 is 0 Å². The monoisotopic (exact) mass is 294 g/mol. The Morgan fingerprint density at radius 3 is 2.77 bits per heavy atom. The zero-order chi connectivity index (χ0) is 15.4. The molecule has 22 heavy (non-hydrogen) atoms. The largest absolute Gasteiger partial charge is 0.396 e. The minimum atomic E-state index is 0.120. The van der Waals surface area contributed by atoms with Crippen LogP contribution in [0.1, 0.15) is 18.3 Å². The third-order valence-electron chi connectivity index (χ3n) is 3.52. The van der Waals surface area contributed by atoms with Crippen LogP contribution in [0.5, 0.6) is 0 Å². The molecule has 3 rings (SSSR count). The molecule has 0 spiro atoms. The predicted molar refractivity (Wildman–Crippen MR) is 84.8 cm³/mol. The van der Waals surface area contributed by atoms with Gasteiger partial charge in [0.25, 0.3) is 0 Å². The first-order valence-corrected chi connectivity index (χ1v) is 7.38. The molecule has 5 heteroatoms. The molecule has 2 heterocycles. The fourth-order valence-electron chi connectivity index (χ4n) is 2.46. The fourth-order valence-corrected chi connectivity index (χ4v) is 2.46. The van der Waals surface area contributed by atoms with Crippen molar-refractivity contribution in [3.05, 3.63) is 60.3 Å². The van der Waals surface area contributed by atoms with E-state index < -0.39 is 0 Å². The van der Waals surface area contributed by atoms with Crippen LogP contribution in [0.4, 0.5) is 0 Å². The van der Waals surface area contributed by atoms with Gasteiger partial charge < -0.3 is 5.11 Å². The molecule has 0 unspecified atom stereocenters. The number of aliphatic hydroxyl groups is 1. The van der Waals surface area contributed by atoms with Gasteiger partial charge in [-0.3, -0.25) is 4.57 Å². The van der Waals surface area contributed by atoms with Crippen LogP contribution in [0.2, 0.25) is 0 Å². The quantitative estimate of drug-likeness (QED) is 0.785. The van der Waals surface area contributed by atoms with Crippen molar-refractivity contribution < 1.29 is 5.11 Å². The van der Waals surface area contributed by atoms with Gasteiger partial charge in [0, 0.05) is 31.6 Å². The Bertz CT molecular complexity index is 767. The van der Waals surface area contributed by atoms with E-state index in [1.807, 2.05) is 48.0 Å². The number of imidazole rings is 1. The highest BCUT2D eigenvalue weighted by Crippen LogP contribution is 2.22. The fraction of sp³-hybridized carbons (Fsp3) is 0.235. The van der Waals surface area contributed by atoms with Crippen molar-refractivity contribution in [3.63, 3.8) is 0 Å². The zero-order valence-electron chi connectivity index (χ0n) is 12.5. The lowest BCUT2D eigenvalue weighted by Gasteiger charge is -2.12. The lowest BCUT2D eigenvalue weighted by Crippen LogP contribution is -2.04. The standard InChI is InChI=1S/C17H18N4O/c1-2-16-18-9-7-14(20-16)17-19-10-11-21(17)15-6-4-3-5-13(15)8-12-22/h3-7,9-11,22H,2,8,12H2,1H3. The third kappa shape index (κ3) is 2.76. The minimum absolute atomic E-state index is 0.120. The van der Waals surface area contributed by atoms with Gasteiger partial charge in [0.1, 0.15) is 11.5 Å². The lowest BCUT2D eigenvalue weighted by molar-refractivity contribution is 0.299. The normalized spacial score (nSPS) is 10.8. The van der Waals surface area contributed by atoms with Gasteiger partial charge in [-0.15, -0.1) is 0 Å². The number of hydrogen-bond acceptors (Lipinski definition) is 4. The molecule has 0 amide bonds. The summed E-state index contributed by atoms with van der Waals surface area (Å²) >= 11 is 0. The van der Waals surface area contributed by atoms with E-state index in [0.29, 0.717) is 6.42 Å². The van der Waals surface area contributed by atoms with Crippen LogP contribution in [0.15, 0.2) is 48.9 Å². The topological polar surface area (TPSA) is 63.8 Å². The van der Waals surface area contributed by atoms with Crippen molar-refractivity contribution >= 4 is 0 Å². The van der Waals surface area contributed by atoms with Gasteiger partial charge in [0.05, 0.1) is 5.69 Å². The number of aromatic nitrogens is 4. The van der Waals surface area contributed by atoms with Crippen molar-refractivity contribution in [2.45, 2.75) is 19.8 Å². The highest BCUT2D eigenvalue weighted by atomic mass is 16.2. The molecule has 0 aliphatic rings. The number of nitrogens with zero attached hydrogens (tertiary/aromatic N) is 4. The second-order valence-corrected chi connectivity index (χ2v) is 4.93. The molecule has 0 aliphatic heterocycles. The van der Waals surface area contributed by atoms with Crippen molar-refractivity contribution in [3.8, 4) is 17.2 Å². The average Bonchev–Trinajstić information content (AvgIpc) is 3.05. The summed E-state index contributed by atoms with van der Waals surface area (Å²) in [5, 5.41) is 9.25. The van der Waals surface area contributed by atoms with Crippen LogP contribution in [0.25, 0.3) is 17.2 Å². The number of para-hydroxylation sites is 1. The Kier molecular flexibility index (Phi) is 4.25. The number of hydrogen-bond donors (Lipinski definition) is 1. The van der Waals surface area contributed by atoms with Crippen LogP contribution >= 0.6 is 0 Å². The van der Waals surface area contributed by atoms with E-state index in [2.05, 4.69) is 15.0 Å². The van der Waals surface area contributed by atoms with E-state index in [1.165, 1.54) is 0 Å². The van der Waals surface area contributed by atoms with Crippen LogP contribution in [0, 0.1) is 0 Å². The summed E-state index contributed by atoms with van der Waals surface area (Å²) < 4.78 is 2.01. The van der Waals surface area contributed by atoms with Crippen molar-refractivity contribution in [2.24, 2.45) is 0 Å².